The van der Waals surface area contributed by atoms with E-state index in [-0.39, 0.29) is 11.5 Å². The highest BCUT2D eigenvalue weighted by Gasteiger charge is 2.20. The smallest absolute Gasteiger partial charge is 0.293 e. The molecule has 0 spiro atoms. The largest absolute Gasteiger partial charge is 0.356 e. The van der Waals surface area contributed by atoms with Gasteiger partial charge in [0.2, 0.25) is 5.82 Å². The molecule has 1 amide bonds. The number of para-hydroxylation sites is 1. The summed E-state index contributed by atoms with van der Waals surface area (Å²) < 4.78 is 13.9. The van der Waals surface area contributed by atoms with Crippen molar-refractivity contribution < 1.29 is 9.18 Å². The van der Waals surface area contributed by atoms with Gasteiger partial charge in [0, 0.05) is 18.8 Å². The lowest BCUT2D eigenvalue weighted by Crippen LogP contribution is -2.26. The third-order valence-electron chi connectivity index (χ3n) is 4.36. The van der Waals surface area contributed by atoms with Crippen molar-refractivity contribution in [3.05, 3.63) is 53.2 Å². The number of benzene rings is 1. The molecule has 2 heterocycles. The van der Waals surface area contributed by atoms with Gasteiger partial charge in [-0.05, 0) is 51.5 Å². The number of halogens is 1. The number of carbonyl (C=O) groups excluding carboxylic acids is 1. The fourth-order valence-corrected chi connectivity index (χ4v) is 3.05. The second-order valence-corrected chi connectivity index (χ2v) is 6.26. The first kappa shape index (κ1) is 18.7. The maximum atomic E-state index is 13.9. The molecule has 3 aromatic rings. The minimum atomic E-state index is -0.573. The Kier molecular flexibility index (Phi) is 5.30. The van der Waals surface area contributed by atoms with Crippen molar-refractivity contribution in [1.29, 1.82) is 0 Å². The third kappa shape index (κ3) is 3.72. The highest BCUT2D eigenvalue weighted by Crippen LogP contribution is 2.27. The van der Waals surface area contributed by atoms with Gasteiger partial charge in [-0.3, -0.25) is 4.79 Å². The van der Waals surface area contributed by atoms with Crippen LogP contribution in [0.1, 0.15) is 35.7 Å². The molecule has 2 aromatic heterocycles. The van der Waals surface area contributed by atoms with Crippen LogP contribution in [-0.2, 0) is 0 Å². The molecule has 0 unspecified atom stereocenters. The van der Waals surface area contributed by atoms with E-state index in [2.05, 4.69) is 20.3 Å². The normalized spacial score (nSPS) is 10.9. The highest BCUT2D eigenvalue weighted by molar-refractivity contribution is 6.04. The van der Waals surface area contributed by atoms with Gasteiger partial charge in [0.1, 0.15) is 11.6 Å². The first-order valence-corrected chi connectivity index (χ1v) is 8.91. The SMILES string of the molecule is CCN(CC)c1nc(C(=O)Nc2ccccc2F)nc2nc(C)cc(C)c12. The van der Waals surface area contributed by atoms with Crippen LogP contribution in [0.15, 0.2) is 30.3 Å². The standard InChI is InChI=1S/C20H22FN5O/c1-5-26(6-2)19-16-12(3)11-13(4)22-17(16)24-18(25-19)20(27)23-15-10-8-7-9-14(15)21/h7-11H,5-6H2,1-4H3,(H,23,27). The molecule has 0 radical (unpaired) electrons. The molecule has 3 rings (SSSR count). The molecule has 0 aliphatic heterocycles. The van der Waals surface area contributed by atoms with Gasteiger partial charge in [-0.25, -0.2) is 19.3 Å². The van der Waals surface area contributed by atoms with Crippen molar-refractivity contribution in [2.45, 2.75) is 27.7 Å². The molecular weight excluding hydrogens is 345 g/mol. The molecular formula is C20H22FN5O. The number of fused-ring (bicyclic) bond motifs is 1. The van der Waals surface area contributed by atoms with E-state index in [0.29, 0.717) is 11.5 Å². The Balaban J connectivity index is 2.13. The number of anilines is 2. The van der Waals surface area contributed by atoms with Gasteiger partial charge in [-0.1, -0.05) is 12.1 Å². The van der Waals surface area contributed by atoms with Crippen molar-refractivity contribution in [3.63, 3.8) is 0 Å². The lowest BCUT2D eigenvalue weighted by molar-refractivity contribution is 0.101. The van der Waals surface area contributed by atoms with E-state index in [1.165, 1.54) is 12.1 Å². The van der Waals surface area contributed by atoms with E-state index in [9.17, 15) is 9.18 Å². The number of aromatic nitrogens is 3. The average molecular weight is 367 g/mol. The molecule has 6 nitrogen and oxygen atoms in total. The summed E-state index contributed by atoms with van der Waals surface area (Å²) in [6.45, 7) is 9.35. The first-order chi connectivity index (χ1) is 12.9. The summed E-state index contributed by atoms with van der Waals surface area (Å²) >= 11 is 0. The van der Waals surface area contributed by atoms with E-state index in [1.807, 2.05) is 38.7 Å². The minimum absolute atomic E-state index is 0.0369. The fraction of sp³-hybridized carbons (Fsp3) is 0.300. The second kappa shape index (κ2) is 7.65. The Morgan fingerprint density at radius 2 is 1.81 bits per heavy atom. The lowest BCUT2D eigenvalue weighted by atomic mass is 10.1. The van der Waals surface area contributed by atoms with Crippen LogP contribution < -0.4 is 10.2 Å². The summed E-state index contributed by atoms with van der Waals surface area (Å²) in [5, 5.41) is 3.36. The number of hydrogen-bond donors (Lipinski definition) is 1. The quantitative estimate of drug-likeness (QED) is 0.741. The molecule has 0 bridgehead atoms. The molecule has 0 saturated heterocycles. The maximum Gasteiger partial charge on any atom is 0.293 e. The summed E-state index contributed by atoms with van der Waals surface area (Å²) in [5.74, 6) is -0.462. The van der Waals surface area contributed by atoms with Gasteiger partial charge in [-0.2, -0.15) is 0 Å². The molecule has 1 N–H and O–H groups in total. The highest BCUT2D eigenvalue weighted by atomic mass is 19.1. The second-order valence-electron chi connectivity index (χ2n) is 6.26. The summed E-state index contributed by atoms with van der Waals surface area (Å²) in [6.07, 6.45) is 0. The summed E-state index contributed by atoms with van der Waals surface area (Å²) in [7, 11) is 0. The molecule has 140 valence electrons. The van der Waals surface area contributed by atoms with Crippen LogP contribution in [0.25, 0.3) is 11.0 Å². The molecule has 1 aromatic carbocycles. The maximum absolute atomic E-state index is 13.9. The van der Waals surface area contributed by atoms with E-state index >= 15 is 0 Å². The predicted octanol–water partition coefficient (Wildman–Crippen LogP) is 3.88. The number of carbonyl (C=O) groups is 1. The molecule has 0 aliphatic rings. The van der Waals surface area contributed by atoms with Crippen molar-refractivity contribution >= 4 is 28.4 Å². The summed E-state index contributed by atoms with van der Waals surface area (Å²) in [6, 6.07) is 7.96. The van der Waals surface area contributed by atoms with Crippen LogP contribution in [0, 0.1) is 19.7 Å². The van der Waals surface area contributed by atoms with Crippen LogP contribution in [-0.4, -0.2) is 33.9 Å². The van der Waals surface area contributed by atoms with Crippen molar-refractivity contribution in [2.75, 3.05) is 23.3 Å². The summed E-state index contributed by atoms with van der Waals surface area (Å²) in [4.78, 5) is 28.1. The Morgan fingerprint density at radius 3 is 2.48 bits per heavy atom. The molecule has 7 heteroatoms. The van der Waals surface area contributed by atoms with Gasteiger partial charge in [0.15, 0.2) is 5.65 Å². The summed E-state index contributed by atoms with van der Waals surface area (Å²) in [5.41, 5.74) is 2.36. The first-order valence-electron chi connectivity index (χ1n) is 8.91. The van der Waals surface area contributed by atoms with Gasteiger partial charge < -0.3 is 10.2 Å². The molecule has 0 aliphatic carbocycles. The van der Waals surface area contributed by atoms with Gasteiger partial charge in [0.05, 0.1) is 11.1 Å². The van der Waals surface area contributed by atoms with Crippen LogP contribution in [0.2, 0.25) is 0 Å². The molecule has 0 fully saturated rings. The lowest BCUT2D eigenvalue weighted by Gasteiger charge is -2.22. The Morgan fingerprint density at radius 1 is 1.11 bits per heavy atom. The van der Waals surface area contributed by atoms with E-state index < -0.39 is 11.7 Å². The predicted molar refractivity (Wildman–Crippen MR) is 105 cm³/mol. The zero-order chi connectivity index (χ0) is 19.6. The molecule has 0 saturated carbocycles. The third-order valence-corrected chi connectivity index (χ3v) is 4.36. The van der Waals surface area contributed by atoms with Crippen molar-refractivity contribution in [2.24, 2.45) is 0 Å². The Hall–Kier alpha value is -3.09. The number of nitrogens with one attached hydrogen (secondary N) is 1. The molecule has 0 atom stereocenters. The Bertz CT molecular complexity index is 1000. The van der Waals surface area contributed by atoms with E-state index in [0.717, 1.165) is 29.7 Å². The van der Waals surface area contributed by atoms with Crippen LogP contribution in [0.3, 0.4) is 0 Å². The number of aryl methyl sites for hydroxylation is 2. The molecule has 27 heavy (non-hydrogen) atoms. The van der Waals surface area contributed by atoms with Gasteiger partial charge >= 0.3 is 0 Å². The van der Waals surface area contributed by atoms with Crippen molar-refractivity contribution in [1.82, 2.24) is 15.0 Å². The average Bonchev–Trinajstić information content (AvgIpc) is 2.63. The van der Waals surface area contributed by atoms with Crippen LogP contribution in [0.5, 0.6) is 0 Å². The zero-order valence-electron chi connectivity index (χ0n) is 15.9. The number of hydrogen-bond acceptors (Lipinski definition) is 5. The Labute approximate surface area is 157 Å². The van der Waals surface area contributed by atoms with Crippen LogP contribution >= 0.6 is 0 Å². The number of rotatable bonds is 5. The number of amides is 1. The topological polar surface area (TPSA) is 71.0 Å². The van der Waals surface area contributed by atoms with Crippen LogP contribution in [0.4, 0.5) is 15.9 Å². The van der Waals surface area contributed by atoms with E-state index in [1.54, 1.807) is 12.1 Å². The zero-order valence-corrected chi connectivity index (χ0v) is 15.9. The van der Waals surface area contributed by atoms with Crippen molar-refractivity contribution in [3.8, 4) is 0 Å². The monoisotopic (exact) mass is 367 g/mol. The number of nitrogens with zero attached hydrogens (tertiary/aromatic N) is 4. The van der Waals surface area contributed by atoms with Gasteiger partial charge in [-0.15, -0.1) is 0 Å². The fourth-order valence-electron chi connectivity index (χ4n) is 3.05. The van der Waals surface area contributed by atoms with Gasteiger partial charge in [0.25, 0.3) is 5.91 Å². The number of pyridine rings is 1. The van der Waals surface area contributed by atoms with E-state index in [4.69, 9.17) is 0 Å². The minimum Gasteiger partial charge on any atom is -0.356 e.